The Balaban J connectivity index is 2.42. The van der Waals surface area contributed by atoms with E-state index < -0.39 is 5.76 Å². The Kier molecular flexibility index (Phi) is 3.37. The summed E-state index contributed by atoms with van der Waals surface area (Å²) in [6.07, 6.45) is 0. The topological polar surface area (TPSA) is 43.6 Å². The van der Waals surface area contributed by atoms with Crippen molar-refractivity contribution in [3.63, 3.8) is 0 Å². The number of hydrogen-bond acceptors (Lipinski definition) is 4. The summed E-state index contributed by atoms with van der Waals surface area (Å²) in [5, 5.41) is 10.8. The van der Waals surface area contributed by atoms with Gasteiger partial charge in [0.05, 0.1) is 5.69 Å². The maximum atomic E-state index is 12.3. The third-order valence-electron chi connectivity index (χ3n) is 2.22. The molecular formula is C10H10F2N4S. The predicted octanol–water partition coefficient (Wildman–Crippen LogP) is 2.59. The molecule has 1 aromatic carbocycles. The SMILES string of the molecule is Cc1ccc(-n2nnnc2SC(F)F)c(C)c1. The van der Waals surface area contributed by atoms with Crippen LogP contribution in [0.2, 0.25) is 0 Å². The van der Waals surface area contributed by atoms with Crippen molar-refractivity contribution in [3.05, 3.63) is 29.3 Å². The summed E-state index contributed by atoms with van der Waals surface area (Å²) in [4.78, 5) is 0. The number of nitrogens with zero attached hydrogens (tertiary/aromatic N) is 4. The van der Waals surface area contributed by atoms with Crippen molar-refractivity contribution in [2.45, 2.75) is 24.8 Å². The number of tetrazole rings is 1. The monoisotopic (exact) mass is 256 g/mol. The average molecular weight is 256 g/mol. The Hall–Kier alpha value is -1.50. The third kappa shape index (κ3) is 2.60. The number of rotatable bonds is 3. The van der Waals surface area contributed by atoms with Gasteiger partial charge in [0.25, 0.3) is 5.76 Å². The molecule has 0 amide bonds. The largest absolute Gasteiger partial charge is 0.291 e. The van der Waals surface area contributed by atoms with Crippen molar-refractivity contribution in [1.29, 1.82) is 0 Å². The lowest BCUT2D eigenvalue weighted by Gasteiger charge is -2.07. The van der Waals surface area contributed by atoms with Gasteiger partial charge in [-0.3, -0.25) is 0 Å². The number of alkyl halides is 2. The molecule has 2 aromatic rings. The zero-order valence-corrected chi connectivity index (χ0v) is 10.1. The number of hydrogen-bond donors (Lipinski definition) is 0. The second-order valence-corrected chi connectivity index (χ2v) is 4.50. The molecule has 0 spiro atoms. The van der Waals surface area contributed by atoms with Gasteiger partial charge < -0.3 is 0 Å². The van der Waals surface area contributed by atoms with Gasteiger partial charge in [-0.1, -0.05) is 17.7 Å². The van der Waals surface area contributed by atoms with Crippen LogP contribution in [-0.2, 0) is 0 Å². The van der Waals surface area contributed by atoms with E-state index in [-0.39, 0.29) is 5.16 Å². The van der Waals surface area contributed by atoms with Gasteiger partial charge in [0.1, 0.15) is 0 Å². The lowest BCUT2D eigenvalue weighted by Crippen LogP contribution is -2.02. The molecule has 0 saturated heterocycles. The molecule has 0 aliphatic rings. The quantitative estimate of drug-likeness (QED) is 0.792. The Morgan fingerprint density at radius 3 is 2.71 bits per heavy atom. The van der Waals surface area contributed by atoms with Crippen LogP contribution in [0.5, 0.6) is 0 Å². The van der Waals surface area contributed by atoms with E-state index in [1.54, 1.807) is 0 Å². The summed E-state index contributed by atoms with van der Waals surface area (Å²) < 4.78 is 26.0. The number of thioether (sulfide) groups is 1. The number of aromatic nitrogens is 4. The molecule has 0 bridgehead atoms. The van der Waals surface area contributed by atoms with Crippen molar-refractivity contribution in [2.75, 3.05) is 0 Å². The predicted molar refractivity (Wildman–Crippen MR) is 60.5 cm³/mol. The molecule has 2 rings (SSSR count). The van der Waals surface area contributed by atoms with Crippen LogP contribution >= 0.6 is 11.8 Å². The van der Waals surface area contributed by atoms with Gasteiger partial charge >= 0.3 is 0 Å². The van der Waals surface area contributed by atoms with E-state index in [9.17, 15) is 8.78 Å². The first-order valence-electron chi connectivity index (χ1n) is 4.89. The molecule has 17 heavy (non-hydrogen) atoms. The fourth-order valence-corrected chi connectivity index (χ4v) is 2.00. The molecule has 4 nitrogen and oxygen atoms in total. The van der Waals surface area contributed by atoms with Crippen molar-refractivity contribution in [2.24, 2.45) is 0 Å². The highest BCUT2D eigenvalue weighted by Crippen LogP contribution is 2.25. The van der Waals surface area contributed by atoms with Crippen LogP contribution in [0, 0.1) is 13.8 Å². The summed E-state index contributed by atoms with van der Waals surface area (Å²) >= 11 is 0.333. The standard InChI is InChI=1S/C10H10F2N4S/c1-6-3-4-8(7(2)5-6)16-10(13-14-15-16)17-9(11)12/h3-5,9H,1-2H3. The van der Waals surface area contributed by atoms with Crippen LogP contribution in [0.3, 0.4) is 0 Å². The van der Waals surface area contributed by atoms with E-state index in [4.69, 9.17) is 0 Å². The minimum atomic E-state index is -2.54. The molecular weight excluding hydrogens is 246 g/mol. The van der Waals surface area contributed by atoms with Gasteiger partial charge in [-0.2, -0.15) is 13.5 Å². The molecule has 0 fully saturated rings. The molecule has 0 atom stereocenters. The zero-order chi connectivity index (χ0) is 12.4. The van der Waals surface area contributed by atoms with Crippen LogP contribution in [0.15, 0.2) is 23.4 Å². The smallest absolute Gasteiger partial charge is 0.197 e. The van der Waals surface area contributed by atoms with E-state index in [0.29, 0.717) is 17.4 Å². The van der Waals surface area contributed by atoms with Crippen LogP contribution in [0.25, 0.3) is 5.69 Å². The lowest BCUT2D eigenvalue weighted by atomic mass is 10.1. The lowest BCUT2D eigenvalue weighted by molar-refractivity contribution is 0.251. The second-order valence-electron chi connectivity index (χ2n) is 3.54. The maximum Gasteiger partial charge on any atom is 0.291 e. The van der Waals surface area contributed by atoms with Crippen molar-refractivity contribution in [3.8, 4) is 5.69 Å². The Bertz CT molecular complexity index is 527. The highest BCUT2D eigenvalue weighted by atomic mass is 32.2. The third-order valence-corrected chi connectivity index (χ3v) is 2.86. The molecule has 0 unspecified atom stereocenters. The summed E-state index contributed by atoms with van der Waals surface area (Å²) in [5.74, 6) is -2.54. The first-order valence-corrected chi connectivity index (χ1v) is 5.76. The normalized spacial score (nSPS) is 11.1. The Morgan fingerprint density at radius 2 is 2.06 bits per heavy atom. The van der Waals surface area contributed by atoms with Crippen LogP contribution in [-0.4, -0.2) is 26.0 Å². The fraction of sp³-hybridized carbons (Fsp3) is 0.300. The van der Waals surface area contributed by atoms with Gasteiger partial charge in [-0.25, -0.2) is 0 Å². The number of aryl methyl sites for hydroxylation is 2. The summed E-state index contributed by atoms with van der Waals surface area (Å²) in [7, 11) is 0. The molecule has 0 aliphatic heterocycles. The summed E-state index contributed by atoms with van der Waals surface area (Å²) in [6, 6.07) is 5.66. The van der Waals surface area contributed by atoms with E-state index in [1.165, 1.54) is 4.68 Å². The minimum absolute atomic E-state index is 0.0898. The van der Waals surface area contributed by atoms with Gasteiger partial charge in [-0.15, -0.1) is 5.10 Å². The highest BCUT2D eigenvalue weighted by Gasteiger charge is 2.15. The highest BCUT2D eigenvalue weighted by molar-refractivity contribution is 7.99. The van der Waals surface area contributed by atoms with Gasteiger partial charge in [0.15, 0.2) is 0 Å². The van der Waals surface area contributed by atoms with Crippen LogP contribution in [0.4, 0.5) is 8.78 Å². The van der Waals surface area contributed by atoms with E-state index in [0.717, 1.165) is 11.1 Å². The zero-order valence-electron chi connectivity index (χ0n) is 9.26. The first-order chi connectivity index (χ1) is 8.08. The molecule has 1 aromatic heterocycles. The van der Waals surface area contributed by atoms with Gasteiger partial charge in [-0.05, 0) is 47.7 Å². The molecule has 0 N–H and O–H groups in total. The number of halogens is 2. The molecule has 1 heterocycles. The van der Waals surface area contributed by atoms with E-state index in [1.807, 2.05) is 32.0 Å². The van der Waals surface area contributed by atoms with Crippen molar-refractivity contribution in [1.82, 2.24) is 20.2 Å². The van der Waals surface area contributed by atoms with E-state index >= 15 is 0 Å². The van der Waals surface area contributed by atoms with Gasteiger partial charge in [0.2, 0.25) is 5.16 Å². The molecule has 0 aliphatic carbocycles. The van der Waals surface area contributed by atoms with Gasteiger partial charge in [0, 0.05) is 0 Å². The van der Waals surface area contributed by atoms with E-state index in [2.05, 4.69) is 15.5 Å². The fourth-order valence-electron chi connectivity index (χ4n) is 1.53. The summed E-state index contributed by atoms with van der Waals surface area (Å²) in [6.45, 7) is 3.85. The van der Waals surface area contributed by atoms with Crippen LogP contribution < -0.4 is 0 Å². The first kappa shape index (κ1) is 12.0. The summed E-state index contributed by atoms with van der Waals surface area (Å²) in [5.41, 5.74) is 2.75. The number of benzene rings is 1. The molecule has 0 saturated carbocycles. The van der Waals surface area contributed by atoms with Crippen molar-refractivity contribution >= 4 is 11.8 Å². The average Bonchev–Trinajstić information content (AvgIpc) is 2.65. The molecule has 90 valence electrons. The van der Waals surface area contributed by atoms with Crippen LogP contribution in [0.1, 0.15) is 11.1 Å². The molecule has 0 radical (unpaired) electrons. The maximum absolute atomic E-state index is 12.3. The Morgan fingerprint density at radius 1 is 1.29 bits per heavy atom. The minimum Gasteiger partial charge on any atom is -0.197 e. The molecule has 7 heteroatoms. The Labute approximate surface area is 101 Å². The van der Waals surface area contributed by atoms with Crippen molar-refractivity contribution < 1.29 is 8.78 Å². The second kappa shape index (κ2) is 4.79.